The summed E-state index contributed by atoms with van der Waals surface area (Å²) < 4.78 is 10.9. The van der Waals surface area contributed by atoms with Crippen LogP contribution >= 0.6 is 0 Å². The summed E-state index contributed by atoms with van der Waals surface area (Å²) in [6.07, 6.45) is 1.60. The van der Waals surface area contributed by atoms with E-state index in [2.05, 4.69) is 0 Å². The maximum atomic E-state index is 11.7. The van der Waals surface area contributed by atoms with E-state index in [1.165, 1.54) is 0 Å². The maximum absolute atomic E-state index is 11.7. The zero-order valence-corrected chi connectivity index (χ0v) is 12.2. The molecule has 1 aromatic carbocycles. The highest BCUT2D eigenvalue weighted by molar-refractivity contribution is 5.81. The molecule has 0 N–H and O–H groups in total. The van der Waals surface area contributed by atoms with Crippen molar-refractivity contribution in [1.29, 1.82) is 0 Å². The van der Waals surface area contributed by atoms with Gasteiger partial charge in [0.05, 0.1) is 12.2 Å². The Morgan fingerprint density at radius 3 is 2.65 bits per heavy atom. The van der Waals surface area contributed by atoms with Gasteiger partial charge in [0.2, 0.25) is 0 Å². The van der Waals surface area contributed by atoms with Crippen LogP contribution in [0.3, 0.4) is 0 Å². The second kappa shape index (κ2) is 8.19. The lowest BCUT2D eigenvalue weighted by molar-refractivity contribution is -0.131. The molecule has 0 aliphatic rings. The average molecular weight is 279 g/mol. The summed E-state index contributed by atoms with van der Waals surface area (Å²) in [6, 6.07) is 4.98. The first kappa shape index (κ1) is 16.0. The minimum absolute atomic E-state index is 0.0948. The van der Waals surface area contributed by atoms with Crippen molar-refractivity contribution in [2.24, 2.45) is 0 Å². The summed E-state index contributed by atoms with van der Waals surface area (Å²) in [4.78, 5) is 24.2. The molecule has 1 amide bonds. The molecule has 0 unspecified atom stereocenters. The lowest BCUT2D eigenvalue weighted by Crippen LogP contribution is -2.31. The number of carbonyl (C=O) groups is 2. The molecule has 110 valence electrons. The summed E-state index contributed by atoms with van der Waals surface area (Å²) in [5, 5.41) is 0. The largest absolute Gasteiger partial charge is 0.493 e. The first-order valence-corrected chi connectivity index (χ1v) is 6.71. The van der Waals surface area contributed by atoms with Crippen LogP contribution in [0.1, 0.15) is 30.6 Å². The maximum Gasteiger partial charge on any atom is 0.260 e. The SMILES string of the molecule is CCCOc1ccc(C=O)c(OCC(=O)N(C)CC)c1. The molecule has 0 saturated heterocycles. The summed E-state index contributed by atoms with van der Waals surface area (Å²) in [5.74, 6) is 0.861. The second-order valence-corrected chi connectivity index (χ2v) is 4.36. The van der Waals surface area contributed by atoms with E-state index in [4.69, 9.17) is 9.47 Å². The molecule has 0 atom stereocenters. The standard InChI is InChI=1S/C15H21NO4/c1-4-8-19-13-7-6-12(10-17)14(9-13)20-11-15(18)16(3)5-2/h6-7,9-10H,4-5,8,11H2,1-3H3. The van der Waals surface area contributed by atoms with Crippen LogP contribution in [0.25, 0.3) is 0 Å². The fourth-order valence-electron chi connectivity index (χ4n) is 1.47. The number of hydrogen-bond donors (Lipinski definition) is 0. The minimum atomic E-state index is -0.135. The Hall–Kier alpha value is -2.04. The molecule has 5 heteroatoms. The van der Waals surface area contributed by atoms with Crippen molar-refractivity contribution in [2.75, 3.05) is 26.8 Å². The first-order chi connectivity index (χ1) is 9.62. The van der Waals surface area contributed by atoms with Crippen molar-refractivity contribution in [3.63, 3.8) is 0 Å². The van der Waals surface area contributed by atoms with E-state index in [1.54, 1.807) is 30.1 Å². The van der Waals surface area contributed by atoms with Gasteiger partial charge < -0.3 is 14.4 Å². The van der Waals surface area contributed by atoms with Crippen LogP contribution in [-0.2, 0) is 4.79 Å². The molecule has 0 aliphatic carbocycles. The van der Waals surface area contributed by atoms with E-state index >= 15 is 0 Å². The molecule has 1 rings (SSSR count). The third-order valence-corrected chi connectivity index (χ3v) is 2.84. The van der Waals surface area contributed by atoms with E-state index in [-0.39, 0.29) is 12.5 Å². The summed E-state index contributed by atoms with van der Waals surface area (Å²) in [6.45, 7) is 5.01. The van der Waals surface area contributed by atoms with Crippen molar-refractivity contribution in [1.82, 2.24) is 4.90 Å². The molecule has 0 aliphatic heterocycles. The van der Waals surface area contributed by atoms with E-state index in [0.717, 1.165) is 6.42 Å². The zero-order valence-electron chi connectivity index (χ0n) is 12.2. The van der Waals surface area contributed by atoms with Gasteiger partial charge in [-0.15, -0.1) is 0 Å². The normalized spacial score (nSPS) is 9.95. The number of nitrogens with zero attached hydrogens (tertiary/aromatic N) is 1. The van der Waals surface area contributed by atoms with Gasteiger partial charge in [0.15, 0.2) is 12.9 Å². The van der Waals surface area contributed by atoms with Crippen molar-refractivity contribution in [3.8, 4) is 11.5 Å². The second-order valence-electron chi connectivity index (χ2n) is 4.36. The number of rotatable bonds is 8. The minimum Gasteiger partial charge on any atom is -0.493 e. The number of benzene rings is 1. The van der Waals surface area contributed by atoms with Crippen LogP contribution in [0.15, 0.2) is 18.2 Å². The molecule has 5 nitrogen and oxygen atoms in total. The van der Waals surface area contributed by atoms with Crippen LogP contribution < -0.4 is 9.47 Å². The van der Waals surface area contributed by atoms with Crippen LogP contribution in [-0.4, -0.2) is 43.9 Å². The molecular formula is C15H21NO4. The predicted octanol–water partition coefficient (Wildman–Crippen LogP) is 2.15. The number of carbonyl (C=O) groups excluding carboxylic acids is 2. The van der Waals surface area contributed by atoms with Gasteiger partial charge in [-0.2, -0.15) is 0 Å². The molecule has 0 radical (unpaired) electrons. The van der Waals surface area contributed by atoms with Gasteiger partial charge in [0.1, 0.15) is 11.5 Å². The highest BCUT2D eigenvalue weighted by Crippen LogP contribution is 2.24. The molecule has 0 bridgehead atoms. The third-order valence-electron chi connectivity index (χ3n) is 2.84. The molecule has 0 spiro atoms. The molecule has 0 heterocycles. The smallest absolute Gasteiger partial charge is 0.260 e. The summed E-state index contributed by atoms with van der Waals surface area (Å²) >= 11 is 0. The average Bonchev–Trinajstić information content (AvgIpc) is 2.49. The first-order valence-electron chi connectivity index (χ1n) is 6.71. The Balaban J connectivity index is 2.75. The third kappa shape index (κ3) is 4.57. The van der Waals surface area contributed by atoms with Gasteiger partial charge in [-0.3, -0.25) is 9.59 Å². The molecule has 0 aromatic heterocycles. The number of hydrogen-bond acceptors (Lipinski definition) is 4. The zero-order chi connectivity index (χ0) is 15.0. The Morgan fingerprint density at radius 2 is 2.05 bits per heavy atom. The monoisotopic (exact) mass is 279 g/mol. The van der Waals surface area contributed by atoms with Gasteiger partial charge in [-0.1, -0.05) is 6.92 Å². The van der Waals surface area contributed by atoms with E-state index in [1.807, 2.05) is 13.8 Å². The van der Waals surface area contributed by atoms with Crippen LogP contribution in [0, 0.1) is 0 Å². The van der Waals surface area contributed by atoms with E-state index in [0.29, 0.717) is 36.5 Å². The quantitative estimate of drug-likeness (QED) is 0.684. The van der Waals surface area contributed by atoms with Crippen molar-refractivity contribution in [3.05, 3.63) is 23.8 Å². The summed E-state index contributed by atoms with van der Waals surface area (Å²) in [7, 11) is 1.70. The number of ether oxygens (including phenoxy) is 2. The molecule has 20 heavy (non-hydrogen) atoms. The lowest BCUT2D eigenvalue weighted by atomic mass is 10.2. The van der Waals surface area contributed by atoms with Crippen molar-refractivity contribution < 1.29 is 19.1 Å². The van der Waals surface area contributed by atoms with Crippen molar-refractivity contribution in [2.45, 2.75) is 20.3 Å². The van der Waals surface area contributed by atoms with Gasteiger partial charge in [0.25, 0.3) is 5.91 Å². The Labute approximate surface area is 119 Å². The topological polar surface area (TPSA) is 55.8 Å². The van der Waals surface area contributed by atoms with Crippen LogP contribution in [0.4, 0.5) is 0 Å². The Morgan fingerprint density at radius 1 is 1.30 bits per heavy atom. The fraction of sp³-hybridized carbons (Fsp3) is 0.467. The van der Waals surface area contributed by atoms with Gasteiger partial charge in [-0.25, -0.2) is 0 Å². The molecule has 0 saturated carbocycles. The fourth-order valence-corrected chi connectivity index (χ4v) is 1.47. The lowest BCUT2D eigenvalue weighted by Gasteiger charge is -2.16. The van der Waals surface area contributed by atoms with Gasteiger partial charge in [0, 0.05) is 19.7 Å². The van der Waals surface area contributed by atoms with Crippen LogP contribution in [0.2, 0.25) is 0 Å². The predicted molar refractivity (Wildman–Crippen MR) is 76.4 cm³/mol. The Kier molecular flexibility index (Phi) is 6.56. The molecule has 1 aromatic rings. The van der Waals surface area contributed by atoms with E-state index in [9.17, 15) is 9.59 Å². The van der Waals surface area contributed by atoms with E-state index < -0.39 is 0 Å². The number of likely N-dealkylation sites (N-methyl/N-ethyl adjacent to an activating group) is 1. The van der Waals surface area contributed by atoms with Gasteiger partial charge >= 0.3 is 0 Å². The van der Waals surface area contributed by atoms with Crippen molar-refractivity contribution >= 4 is 12.2 Å². The highest BCUT2D eigenvalue weighted by atomic mass is 16.5. The molecule has 0 fully saturated rings. The van der Waals surface area contributed by atoms with Gasteiger partial charge in [-0.05, 0) is 25.5 Å². The van der Waals surface area contributed by atoms with Crippen LogP contribution in [0.5, 0.6) is 11.5 Å². The summed E-state index contributed by atoms with van der Waals surface area (Å²) in [5.41, 5.74) is 0.404. The number of amides is 1. The molecular weight excluding hydrogens is 258 g/mol. The number of aldehydes is 1. The highest BCUT2D eigenvalue weighted by Gasteiger charge is 2.10. The Bertz CT molecular complexity index is 459.